The maximum Gasteiger partial charge on any atom is 1.00 e. The van der Waals surface area contributed by atoms with E-state index >= 15 is 0 Å². The van der Waals surface area contributed by atoms with E-state index in [1.165, 1.54) is 11.1 Å². The molecule has 12 aromatic carbocycles. The van der Waals surface area contributed by atoms with Gasteiger partial charge in [0.15, 0.2) is 0 Å². The first-order valence-corrected chi connectivity index (χ1v) is 48.7. The number of aliphatic hydroxyl groups excluding tert-OH is 4. The number of rotatable bonds is 38. The number of aliphatic carboxylic acids is 1. The molecular weight excluding hydrogens is 1940 g/mol. The maximum absolute atomic E-state index is 12.1. The molecule has 0 amide bonds. The fourth-order valence-electron chi connectivity index (χ4n) is 16.1. The molecular formula is C112H116BCl2LiN6NaNiO21. The first-order chi connectivity index (χ1) is 68.5. The molecule has 16 rings (SSSR count). The number of nitrogens with zero attached hydrogens (tertiary/aromatic N) is 1. The second-order valence-electron chi connectivity index (χ2n) is 32.7. The van der Waals surface area contributed by atoms with E-state index in [0.29, 0.717) is 151 Å². The van der Waals surface area contributed by atoms with E-state index in [4.69, 9.17) is 99.9 Å². The summed E-state index contributed by atoms with van der Waals surface area (Å²) in [4.78, 5) is 47.5. The summed E-state index contributed by atoms with van der Waals surface area (Å²) in [6, 6.07) is 79.5. The SMILES string of the molecule is CCOC(=O)Cc1ccc(C#N)cc1OCc1cc(-c2cccc(CC)c2)c2oc(CO)cc2c1.CCOC(=O)Cc1ccc(CN)cc1OCc1cc(-c2cccc(CC)c2)c2oc(CO)cc2c1.CCOC(=O)Cc1ccc(CN)cc1OCc1cc(-c2cccc(CN)c2)c2oc(CO)cc2c1.NCc1cccc(-c2cc(COc3cc(CN)ccc3CC(=O)O)cc3cc(CO)oc23)c1.[B].[Cl][Ni][Cl].[H-].[Li+].[Na+].[OH-]. The van der Waals surface area contributed by atoms with Gasteiger partial charge < -0.3 is 112 Å². The van der Waals surface area contributed by atoms with E-state index in [9.17, 15) is 50.0 Å². The number of ether oxygens (including phenoxy) is 7. The zero-order valence-electron chi connectivity index (χ0n) is 82.9. The minimum absolute atomic E-state index is 0. The van der Waals surface area contributed by atoms with Crippen LogP contribution in [-0.4, -0.2) is 83.1 Å². The van der Waals surface area contributed by atoms with Crippen molar-refractivity contribution in [3.63, 3.8) is 0 Å². The molecule has 0 unspecified atom stereocenters. The van der Waals surface area contributed by atoms with Crippen molar-refractivity contribution < 1.29 is 164 Å². The molecule has 3 radical (unpaired) electrons. The fraction of sp³-hybridized carbons (Fsp3) is 0.241. The Morgan fingerprint density at radius 1 is 0.352 bits per heavy atom. The molecule has 4 aromatic heterocycles. The van der Waals surface area contributed by atoms with Crippen molar-refractivity contribution in [2.75, 3.05) is 19.8 Å². The molecule has 0 bridgehead atoms. The third-order valence-corrected chi connectivity index (χ3v) is 22.9. The number of halogens is 2. The van der Waals surface area contributed by atoms with Crippen molar-refractivity contribution >= 4 is 96.6 Å². The van der Waals surface area contributed by atoms with E-state index in [0.717, 1.165) is 146 Å². The second kappa shape index (κ2) is 59.4. The van der Waals surface area contributed by atoms with Gasteiger partial charge in [-0.3, -0.25) is 19.2 Å². The number of hydrogen-bond donors (Lipinski definition) is 10. The number of hydrogen-bond acceptors (Lipinski definition) is 26. The van der Waals surface area contributed by atoms with Crippen LogP contribution in [0.5, 0.6) is 23.0 Å². The fourth-order valence-corrected chi connectivity index (χ4v) is 16.1. The van der Waals surface area contributed by atoms with E-state index in [-0.39, 0.29) is 154 Å². The monoisotopic (exact) mass is 2050 g/mol. The predicted molar refractivity (Wildman–Crippen MR) is 549 cm³/mol. The second-order valence-corrected chi connectivity index (χ2v) is 34.4. The summed E-state index contributed by atoms with van der Waals surface area (Å²) in [6.45, 7) is 12.7. The third kappa shape index (κ3) is 32.6. The smallest absolute Gasteiger partial charge is 1.00 e. The maximum atomic E-state index is 12.1. The summed E-state index contributed by atoms with van der Waals surface area (Å²) >= 11 is 0.569. The number of esters is 3. The normalized spacial score (nSPS) is 10.6. The Balaban J connectivity index is 0.000000258. The average Bonchev–Trinajstić information content (AvgIpc) is 1.19. The Bertz CT molecular complexity index is 6870. The summed E-state index contributed by atoms with van der Waals surface area (Å²) in [5, 5.41) is 60.4. The van der Waals surface area contributed by atoms with E-state index < -0.39 is 5.97 Å². The van der Waals surface area contributed by atoms with Crippen LogP contribution in [0.15, 0.2) is 260 Å². The van der Waals surface area contributed by atoms with Crippen LogP contribution in [0, 0.1) is 11.3 Å². The van der Waals surface area contributed by atoms with Crippen molar-refractivity contribution in [1.29, 1.82) is 5.26 Å². The van der Waals surface area contributed by atoms with Gasteiger partial charge in [-0.05, 0) is 232 Å². The number of carboxylic acids is 1. The van der Waals surface area contributed by atoms with Gasteiger partial charge in [0.05, 0.1) is 57.1 Å². The molecule has 16 N–H and O–H groups in total. The van der Waals surface area contributed by atoms with Crippen molar-refractivity contribution in [3.05, 3.63) is 355 Å². The van der Waals surface area contributed by atoms with Gasteiger partial charge in [0.2, 0.25) is 0 Å². The van der Waals surface area contributed by atoms with Crippen LogP contribution >= 0.6 is 20.4 Å². The minimum Gasteiger partial charge on any atom is -1.00 e. The van der Waals surface area contributed by atoms with Gasteiger partial charge in [-0.1, -0.05) is 141 Å². The molecule has 0 saturated carbocycles. The molecule has 0 fully saturated rings. The Labute approximate surface area is 893 Å². The Morgan fingerprint density at radius 2 is 0.600 bits per heavy atom. The zero-order chi connectivity index (χ0) is 100. The minimum atomic E-state index is -0.932. The number of aliphatic hydroxyl groups is 4. The van der Waals surface area contributed by atoms with Gasteiger partial charge >= 0.3 is 105 Å². The molecule has 0 aliphatic rings. The number of fused-ring (bicyclic) bond motifs is 4. The summed E-state index contributed by atoms with van der Waals surface area (Å²) in [5.41, 5.74) is 53.4. The van der Waals surface area contributed by atoms with Crippen molar-refractivity contribution in [1.82, 2.24) is 0 Å². The molecule has 0 saturated heterocycles. The van der Waals surface area contributed by atoms with Crippen LogP contribution in [0.3, 0.4) is 0 Å². The molecule has 0 aliphatic carbocycles. The number of carbonyl (C=O) groups excluding carboxylic acids is 3. The number of carbonyl (C=O) groups is 4. The Hall–Kier alpha value is -12.3. The first kappa shape index (κ1) is 118. The molecule has 27 nitrogen and oxygen atoms in total. The van der Waals surface area contributed by atoms with Crippen LogP contribution in [0.25, 0.3) is 88.4 Å². The number of nitrogens with two attached hydrogens (primary N) is 5. The number of benzene rings is 12. The number of furan rings is 4. The van der Waals surface area contributed by atoms with Gasteiger partial charge in [-0.15, -0.1) is 0 Å². The molecule has 33 heteroatoms. The molecule has 0 spiro atoms. The molecule has 4 heterocycles. The van der Waals surface area contributed by atoms with E-state index in [1.54, 1.807) is 57.2 Å². The van der Waals surface area contributed by atoms with Crippen molar-refractivity contribution in [2.24, 2.45) is 28.7 Å². The van der Waals surface area contributed by atoms with Crippen molar-refractivity contribution in [3.8, 4) is 73.6 Å². The van der Waals surface area contributed by atoms with Gasteiger partial charge in [0, 0.05) is 107 Å². The first-order valence-electron chi connectivity index (χ1n) is 46.0. The van der Waals surface area contributed by atoms with Crippen LogP contribution in [0.1, 0.15) is 148 Å². The summed E-state index contributed by atoms with van der Waals surface area (Å²) in [5.74, 6) is 2.24. The number of carboxylic acid groups (broad SMARTS) is 1. The van der Waals surface area contributed by atoms with Gasteiger partial charge in [-0.25, -0.2) is 0 Å². The topological polar surface area (TPSA) is 470 Å². The molecule has 145 heavy (non-hydrogen) atoms. The van der Waals surface area contributed by atoms with Crippen LogP contribution in [0.4, 0.5) is 0 Å². The van der Waals surface area contributed by atoms with Gasteiger partial charge in [-0.2, -0.15) is 5.26 Å². The van der Waals surface area contributed by atoms with Crippen LogP contribution in [0.2, 0.25) is 0 Å². The van der Waals surface area contributed by atoms with Crippen LogP contribution in [-0.2, 0) is 170 Å². The van der Waals surface area contributed by atoms with Crippen molar-refractivity contribution in [2.45, 2.75) is 159 Å². The summed E-state index contributed by atoms with van der Waals surface area (Å²) < 4.78 is 63.6. The largest absolute Gasteiger partial charge is 1.00 e. The van der Waals surface area contributed by atoms with Gasteiger partial charge in [0.25, 0.3) is 0 Å². The predicted octanol–water partition coefficient (Wildman–Crippen LogP) is 13.9. The molecule has 0 aliphatic heterocycles. The molecule has 16 aromatic rings. The van der Waals surface area contributed by atoms with Gasteiger partial charge in [0.1, 0.15) is 121 Å². The Morgan fingerprint density at radius 3 is 0.848 bits per heavy atom. The summed E-state index contributed by atoms with van der Waals surface area (Å²) in [6.07, 6.45) is 2.01. The standard InChI is InChI=1S/C29H31NO5.C29H27NO5.C28H30N2O5.C26H26N2O5.B.2ClH.Li.Na.Ni.H2O.H/c2*1-3-19-6-5-7-22(10-19)26-12-21(11-24-14-25(17-31)35-29(24)26)18-34-27-13-20(16-30)8-9-23(27)15-28(32)33-4-2;1-2-33-27(32)13-22-7-6-19(15-30)11-26(22)34-17-20-9-23-12-24(16-31)35-28(23)25(10-20)21-5-3-4-18(8-21)14-29;27-12-16-2-1-3-19(6-16)23-8-18(7-21-10-22(14-29)33-26(21)23)15-32-24-9-17(13-28)4-5-20(24)11-25(30)31;;;;;;;;/h5-14,31H,3-4,15-18,30H2,1-2H3;5-14,31H,3-4,15,17-18H2,1-2H3;3-12,31H,2,13-17,29-30H2,1H3;1-10,29H,11-15,27-28H2,(H,30,31);;2*1H;;;;1H2;/q;;;;;;;2*+1;+2;;-1/p-3. The quantitative estimate of drug-likeness (QED) is 0.00976. The van der Waals surface area contributed by atoms with E-state index in [1.807, 2.05) is 170 Å². The van der Waals surface area contributed by atoms with E-state index in [2.05, 4.69) is 56.3 Å². The Kier molecular flexibility index (Phi) is 48.3. The number of nitriles is 1. The molecule has 0 atom stereocenters. The zero-order valence-corrected chi connectivity index (χ0v) is 86.4. The average molecular weight is 2050 g/mol. The van der Waals surface area contributed by atoms with Crippen LogP contribution < -0.4 is 96.0 Å². The molecule has 749 valence electrons. The third-order valence-electron chi connectivity index (χ3n) is 22.9. The summed E-state index contributed by atoms with van der Waals surface area (Å²) in [7, 11) is 9.40. The number of aryl methyl sites for hydroxylation is 2.